The number of ether oxygens (including phenoxy) is 1. The second kappa shape index (κ2) is 3.77. The molecule has 0 amide bonds. The minimum absolute atomic E-state index is 0.175. The Hall–Kier alpha value is 0.230. The van der Waals surface area contributed by atoms with Gasteiger partial charge in [0.15, 0.2) is 0 Å². The van der Waals surface area contributed by atoms with Crippen LogP contribution in [0.5, 0.6) is 0 Å². The Morgan fingerprint density at radius 1 is 1.54 bits per heavy atom. The summed E-state index contributed by atoms with van der Waals surface area (Å²) in [6, 6.07) is -0.175. The van der Waals surface area contributed by atoms with Gasteiger partial charge in [0.1, 0.15) is 5.60 Å². The maximum Gasteiger partial charge on any atom is 0.127 e. The summed E-state index contributed by atoms with van der Waals surface area (Å²) in [6.07, 6.45) is 0. The second-order valence-electron chi connectivity index (χ2n) is 4.63. The third-order valence-electron chi connectivity index (χ3n) is 2.09. The molecule has 0 spiro atoms. The highest BCUT2D eigenvalue weighted by atomic mass is 32.2. The molecule has 1 aliphatic heterocycles. The van der Waals surface area contributed by atoms with E-state index in [2.05, 4.69) is 20.8 Å². The first-order valence-corrected chi connectivity index (χ1v) is 5.52. The lowest BCUT2D eigenvalue weighted by atomic mass is 9.94. The van der Waals surface area contributed by atoms with Crippen LogP contribution in [0.25, 0.3) is 0 Å². The highest BCUT2D eigenvalue weighted by Crippen LogP contribution is 2.28. The molecule has 0 aromatic heterocycles. The molecule has 1 atom stereocenters. The second-order valence-corrected chi connectivity index (χ2v) is 6.47. The molecule has 78 valence electrons. The van der Waals surface area contributed by atoms with E-state index < -0.39 is 5.60 Å². The van der Waals surface area contributed by atoms with Gasteiger partial charge in [0.05, 0.1) is 13.2 Å². The van der Waals surface area contributed by atoms with Gasteiger partial charge in [-0.05, 0) is 0 Å². The fraction of sp³-hybridized carbons (Fsp3) is 1.00. The van der Waals surface area contributed by atoms with Gasteiger partial charge in [-0.25, -0.2) is 0 Å². The van der Waals surface area contributed by atoms with E-state index in [0.717, 1.165) is 5.75 Å². The molecule has 1 saturated heterocycles. The number of hydrogen-bond donors (Lipinski definition) is 2. The monoisotopic (exact) mass is 205 g/mol. The van der Waals surface area contributed by atoms with Crippen molar-refractivity contribution in [3.63, 3.8) is 0 Å². The summed E-state index contributed by atoms with van der Waals surface area (Å²) < 4.78 is 5.16. The molecule has 3 N–H and O–H groups in total. The van der Waals surface area contributed by atoms with E-state index in [1.807, 2.05) is 0 Å². The highest BCUT2D eigenvalue weighted by molar-refractivity contribution is 8.00. The standard InChI is InChI=1S/C9H19NO2S/c1-8(2,3)13-4-7(10)9(11)5-12-6-9/h7,11H,4-6,10H2,1-3H3/t7-/m1/s1. The van der Waals surface area contributed by atoms with E-state index >= 15 is 0 Å². The predicted octanol–water partition coefficient (Wildman–Crippen LogP) is 0.607. The van der Waals surface area contributed by atoms with E-state index in [1.165, 1.54) is 0 Å². The Kier molecular flexibility index (Phi) is 3.28. The topological polar surface area (TPSA) is 55.5 Å². The van der Waals surface area contributed by atoms with Gasteiger partial charge in [-0.3, -0.25) is 0 Å². The minimum Gasteiger partial charge on any atom is -0.383 e. The summed E-state index contributed by atoms with van der Waals surface area (Å²) in [5.41, 5.74) is 5.10. The van der Waals surface area contributed by atoms with Crippen LogP contribution in [0.3, 0.4) is 0 Å². The number of hydrogen-bond acceptors (Lipinski definition) is 4. The van der Waals surface area contributed by atoms with Crippen LogP contribution < -0.4 is 5.73 Å². The minimum atomic E-state index is -0.766. The van der Waals surface area contributed by atoms with Crippen LogP contribution in [0.1, 0.15) is 20.8 Å². The molecule has 1 heterocycles. The lowest BCUT2D eigenvalue weighted by molar-refractivity contribution is -0.186. The summed E-state index contributed by atoms with van der Waals surface area (Å²) in [5.74, 6) is 0.781. The largest absolute Gasteiger partial charge is 0.383 e. The van der Waals surface area contributed by atoms with E-state index in [4.69, 9.17) is 10.5 Å². The molecular formula is C9H19NO2S. The van der Waals surface area contributed by atoms with Crippen molar-refractivity contribution in [1.82, 2.24) is 0 Å². The number of rotatable bonds is 3. The zero-order valence-electron chi connectivity index (χ0n) is 8.54. The molecule has 0 aromatic carbocycles. The molecule has 3 nitrogen and oxygen atoms in total. The van der Waals surface area contributed by atoms with Crippen molar-refractivity contribution in [2.45, 2.75) is 37.2 Å². The summed E-state index contributed by atoms with van der Waals surface area (Å²) in [5, 5.41) is 9.81. The predicted molar refractivity (Wildman–Crippen MR) is 56.0 cm³/mol. The van der Waals surface area contributed by atoms with Crippen molar-refractivity contribution in [2.75, 3.05) is 19.0 Å². The summed E-state index contributed by atoms with van der Waals surface area (Å²) >= 11 is 1.78. The first kappa shape index (κ1) is 11.3. The van der Waals surface area contributed by atoms with Gasteiger partial charge >= 0.3 is 0 Å². The van der Waals surface area contributed by atoms with Crippen LogP contribution in [-0.4, -0.2) is 40.5 Å². The molecule has 1 fully saturated rings. The van der Waals surface area contributed by atoms with Crippen molar-refractivity contribution < 1.29 is 9.84 Å². The SMILES string of the molecule is CC(C)(C)SC[C@@H](N)C1(O)COC1. The Morgan fingerprint density at radius 3 is 2.38 bits per heavy atom. The zero-order chi connectivity index (χ0) is 10.1. The Morgan fingerprint density at radius 2 is 2.08 bits per heavy atom. The molecule has 1 rings (SSSR count). The third-order valence-corrected chi connectivity index (χ3v) is 3.48. The van der Waals surface area contributed by atoms with E-state index in [-0.39, 0.29) is 10.8 Å². The normalized spacial score (nSPS) is 23.8. The number of nitrogens with two attached hydrogens (primary N) is 1. The highest BCUT2D eigenvalue weighted by Gasteiger charge is 2.42. The number of aliphatic hydroxyl groups is 1. The Bertz CT molecular complexity index is 175. The molecule has 1 aliphatic rings. The quantitative estimate of drug-likeness (QED) is 0.708. The van der Waals surface area contributed by atoms with E-state index in [1.54, 1.807) is 11.8 Å². The molecule has 0 unspecified atom stereocenters. The third kappa shape index (κ3) is 3.13. The fourth-order valence-electron chi connectivity index (χ4n) is 1.02. The van der Waals surface area contributed by atoms with Crippen molar-refractivity contribution in [2.24, 2.45) is 5.73 Å². The van der Waals surface area contributed by atoms with Gasteiger partial charge in [0, 0.05) is 16.5 Å². The first-order chi connectivity index (χ1) is 5.83. The van der Waals surface area contributed by atoms with E-state index in [9.17, 15) is 5.11 Å². The molecule has 0 aromatic rings. The van der Waals surface area contributed by atoms with Gasteiger partial charge in [-0.1, -0.05) is 20.8 Å². The summed E-state index contributed by atoms with van der Waals surface area (Å²) in [4.78, 5) is 0. The van der Waals surface area contributed by atoms with Crippen molar-refractivity contribution >= 4 is 11.8 Å². The van der Waals surface area contributed by atoms with Gasteiger partial charge in [0.2, 0.25) is 0 Å². The van der Waals surface area contributed by atoms with Crippen LogP contribution >= 0.6 is 11.8 Å². The summed E-state index contributed by atoms with van der Waals surface area (Å²) in [7, 11) is 0. The summed E-state index contributed by atoms with van der Waals surface area (Å²) in [6.45, 7) is 7.21. The molecule has 13 heavy (non-hydrogen) atoms. The van der Waals surface area contributed by atoms with Crippen LogP contribution in [0.4, 0.5) is 0 Å². The average molecular weight is 205 g/mol. The molecule has 4 heteroatoms. The smallest absolute Gasteiger partial charge is 0.127 e. The average Bonchev–Trinajstić information content (AvgIpc) is 1.94. The fourth-order valence-corrected chi connectivity index (χ4v) is 2.01. The van der Waals surface area contributed by atoms with Gasteiger partial charge < -0.3 is 15.6 Å². The van der Waals surface area contributed by atoms with Gasteiger partial charge in [-0.15, -0.1) is 0 Å². The molecular weight excluding hydrogens is 186 g/mol. The van der Waals surface area contributed by atoms with Crippen LogP contribution in [0.15, 0.2) is 0 Å². The van der Waals surface area contributed by atoms with E-state index in [0.29, 0.717) is 13.2 Å². The van der Waals surface area contributed by atoms with Crippen molar-refractivity contribution in [3.8, 4) is 0 Å². The van der Waals surface area contributed by atoms with Crippen LogP contribution in [-0.2, 0) is 4.74 Å². The van der Waals surface area contributed by atoms with Crippen LogP contribution in [0, 0.1) is 0 Å². The lowest BCUT2D eigenvalue weighted by Gasteiger charge is -2.41. The Balaban J connectivity index is 2.29. The lowest BCUT2D eigenvalue weighted by Crippen LogP contribution is -2.62. The zero-order valence-corrected chi connectivity index (χ0v) is 9.36. The van der Waals surface area contributed by atoms with Gasteiger partial charge in [0.25, 0.3) is 0 Å². The molecule has 0 aliphatic carbocycles. The molecule has 0 saturated carbocycles. The molecule has 0 radical (unpaired) electrons. The maximum atomic E-state index is 9.81. The van der Waals surface area contributed by atoms with Crippen LogP contribution in [0.2, 0.25) is 0 Å². The van der Waals surface area contributed by atoms with Crippen molar-refractivity contribution in [3.05, 3.63) is 0 Å². The Labute approximate surface area is 84.0 Å². The van der Waals surface area contributed by atoms with Crippen molar-refractivity contribution in [1.29, 1.82) is 0 Å². The number of thioether (sulfide) groups is 1. The first-order valence-electron chi connectivity index (χ1n) is 4.53. The molecule has 0 bridgehead atoms. The maximum absolute atomic E-state index is 9.81. The van der Waals surface area contributed by atoms with Gasteiger partial charge in [-0.2, -0.15) is 11.8 Å².